The third kappa shape index (κ3) is 7.28. The smallest absolute Gasteiger partial charge is 0.356 e. The van der Waals surface area contributed by atoms with E-state index in [-0.39, 0.29) is 24.4 Å². The summed E-state index contributed by atoms with van der Waals surface area (Å²) in [5.41, 5.74) is 2.46. The Labute approximate surface area is 192 Å². The predicted molar refractivity (Wildman–Crippen MR) is 122 cm³/mol. The van der Waals surface area contributed by atoms with Crippen molar-refractivity contribution in [1.82, 2.24) is 4.98 Å². The van der Waals surface area contributed by atoms with Crippen molar-refractivity contribution in [3.8, 4) is 0 Å². The summed E-state index contributed by atoms with van der Waals surface area (Å²) in [5.74, 6) is 0.402. The third-order valence-electron chi connectivity index (χ3n) is 5.88. The Bertz CT molecular complexity index is 1110. The van der Waals surface area contributed by atoms with Gasteiger partial charge < -0.3 is 4.90 Å². The van der Waals surface area contributed by atoms with Gasteiger partial charge in [0.1, 0.15) is 27.1 Å². The predicted octanol–water partition coefficient (Wildman–Crippen LogP) is 4.34. The molecule has 1 fully saturated rings. The van der Waals surface area contributed by atoms with Gasteiger partial charge in [-0.2, -0.15) is 13.2 Å². The van der Waals surface area contributed by atoms with Crippen LogP contribution in [0.5, 0.6) is 0 Å². The van der Waals surface area contributed by atoms with Crippen LogP contribution >= 0.6 is 0 Å². The number of hydrogen-bond donors (Lipinski definition) is 0. The SMILES string of the molecule is Cc1cc(CC(=O)CCc2ccc(C(F)(F)F)nc2N2CCCC2)ccc1CCS(C)(=O)=O. The minimum absolute atomic E-state index is 0.00874. The number of sulfone groups is 1. The first-order chi connectivity index (χ1) is 15.4. The van der Waals surface area contributed by atoms with Crippen molar-refractivity contribution >= 4 is 21.4 Å². The molecule has 0 radical (unpaired) electrons. The zero-order valence-electron chi connectivity index (χ0n) is 18.9. The quantitative estimate of drug-likeness (QED) is 0.532. The molecule has 1 aliphatic heterocycles. The van der Waals surface area contributed by atoms with Crippen LogP contribution in [0, 0.1) is 6.92 Å². The number of hydrogen-bond acceptors (Lipinski definition) is 5. The molecule has 1 aromatic heterocycles. The number of Topliss-reactive ketones (excluding diaryl/α,β-unsaturated/α-hetero) is 1. The number of pyridine rings is 1. The van der Waals surface area contributed by atoms with Crippen LogP contribution in [0.3, 0.4) is 0 Å². The van der Waals surface area contributed by atoms with E-state index in [0.717, 1.165) is 35.6 Å². The fourth-order valence-electron chi connectivity index (χ4n) is 4.07. The molecule has 33 heavy (non-hydrogen) atoms. The number of ketones is 1. The molecule has 0 N–H and O–H groups in total. The number of aryl methyl sites for hydroxylation is 3. The number of alkyl halides is 3. The third-order valence-corrected chi connectivity index (χ3v) is 6.82. The summed E-state index contributed by atoms with van der Waals surface area (Å²) >= 11 is 0. The summed E-state index contributed by atoms with van der Waals surface area (Å²) in [6.45, 7) is 3.22. The average Bonchev–Trinajstić information content (AvgIpc) is 3.25. The van der Waals surface area contributed by atoms with E-state index < -0.39 is 21.7 Å². The normalized spacial score (nSPS) is 14.6. The molecule has 0 saturated carbocycles. The Morgan fingerprint density at radius 1 is 1.06 bits per heavy atom. The first kappa shape index (κ1) is 25.2. The van der Waals surface area contributed by atoms with Crippen molar-refractivity contribution in [2.24, 2.45) is 0 Å². The molecule has 1 saturated heterocycles. The van der Waals surface area contributed by atoms with Crippen LogP contribution in [0.15, 0.2) is 30.3 Å². The molecule has 180 valence electrons. The molecule has 5 nitrogen and oxygen atoms in total. The molecule has 2 heterocycles. The molecule has 0 spiro atoms. The van der Waals surface area contributed by atoms with Gasteiger partial charge in [0.2, 0.25) is 0 Å². The number of rotatable bonds is 9. The Morgan fingerprint density at radius 3 is 2.33 bits per heavy atom. The second kappa shape index (κ2) is 10.2. The van der Waals surface area contributed by atoms with Gasteiger partial charge in [0.15, 0.2) is 0 Å². The molecule has 0 unspecified atom stereocenters. The number of aromatic nitrogens is 1. The maximum atomic E-state index is 13.1. The lowest BCUT2D eigenvalue weighted by atomic mass is 9.98. The van der Waals surface area contributed by atoms with Gasteiger partial charge in [0, 0.05) is 32.2 Å². The van der Waals surface area contributed by atoms with Crippen molar-refractivity contribution in [2.45, 2.75) is 51.6 Å². The monoisotopic (exact) mass is 482 g/mol. The van der Waals surface area contributed by atoms with E-state index in [2.05, 4.69) is 4.98 Å². The molecule has 9 heteroatoms. The van der Waals surface area contributed by atoms with E-state index in [0.29, 0.717) is 37.3 Å². The zero-order chi connectivity index (χ0) is 24.2. The molecule has 3 rings (SSSR count). The van der Waals surface area contributed by atoms with Gasteiger partial charge in [-0.05, 0) is 60.9 Å². The van der Waals surface area contributed by atoms with Crippen LogP contribution in [-0.4, -0.2) is 44.3 Å². The molecule has 0 atom stereocenters. The number of nitrogens with zero attached hydrogens (tertiary/aromatic N) is 2. The highest BCUT2D eigenvalue weighted by Gasteiger charge is 2.34. The maximum Gasteiger partial charge on any atom is 0.433 e. The van der Waals surface area contributed by atoms with E-state index in [1.54, 1.807) is 0 Å². The Balaban J connectivity index is 1.65. The van der Waals surface area contributed by atoms with Crippen molar-refractivity contribution in [3.05, 3.63) is 58.3 Å². The number of anilines is 1. The lowest BCUT2D eigenvalue weighted by Crippen LogP contribution is -2.23. The van der Waals surface area contributed by atoms with Crippen molar-refractivity contribution in [2.75, 3.05) is 30.0 Å². The first-order valence-corrected chi connectivity index (χ1v) is 13.1. The molecular weight excluding hydrogens is 453 g/mol. The fourth-order valence-corrected chi connectivity index (χ4v) is 4.66. The van der Waals surface area contributed by atoms with Gasteiger partial charge in [-0.25, -0.2) is 13.4 Å². The van der Waals surface area contributed by atoms with E-state index in [1.807, 2.05) is 30.0 Å². The van der Waals surface area contributed by atoms with E-state index >= 15 is 0 Å². The Morgan fingerprint density at radius 2 is 1.73 bits per heavy atom. The Hall–Kier alpha value is -2.42. The van der Waals surface area contributed by atoms with Gasteiger partial charge in [0.05, 0.1) is 5.75 Å². The van der Waals surface area contributed by atoms with Crippen LogP contribution in [0.1, 0.15) is 47.2 Å². The molecule has 0 aliphatic carbocycles. The highest BCUT2D eigenvalue weighted by molar-refractivity contribution is 7.90. The summed E-state index contributed by atoms with van der Waals surface area (Å²) in [7, 11) is -3.05. The summed E-state index contributed by atoms with van der Waals surface area (Å²) in [6.07, 6.45) is -0.278. The minimum atomic E-state index is -4.51. The summed E-state index contributed by atoms with van der Waals surface area (Å²) in [5, 5.41) is 0. The molecular formula is C24H29F3N2O3S. The fraction of sp³-hybridized carbons (Fsp3) is 0.500. The standard InChI is InChI=1S/C24H29F3N2O3S/c1-17-15-18(5-6-19(17)11-14-33(2,31)32)16-21(30)9-7-20-8-10-22(24(25,26)27)28-23(20)29-12-3-4-13-29/h5-6,8,10,15H,3-4,7,9,11-14,16H2,1-2H3. The topological polar surface area (TPSA) is 67.3 Å². The summed E-state index contributed by atoms with van der Waals surface area (Å²) in [4.78, 5) is 18.4. The van der Waals surface area contributed by atoms with E-state index in [4.69, 9.17) is 0 Å². The molecule has 0 bridgehead atoms. The number of halogens is 3. The number of carbonyl (C=O) groups excluding carboxylic acids is 1. The van der Waals surface area contributed by atoms with Gasteiger partial charge in [0.25, 0.3) is 0 Å². The molecule has 1 aliphatic rings. The van der Waals surface area contributed by atoms with Crippen LogP contribution in [0.4, 0.5) is 19.0 Å². The van der Waals surface area contributed by atoms with Crippen LogP contribution in [0.2, 0.25) is 0 Å². The van der Waals surface area contributed by atoms with Gasteiger partial charge in [-0.15, -0.1) is 0 Å². The van der Waals surface area contributed by atoms with Gasteiger partial charge in [-0.3, -0.25) is 4.79 Å². The van der Waals surface area contributed by atoms with Crippen molar-refractivity contribution in [3.63, 3.8) is 0 Å². The van der Waals surface area contributed by atoms with E-state index in [9.17, 15) is 26.4 Å². The Kier molecular flexibility index (Phi) is 7.82. The lowest BCUT2D eigenvalue weighted by molar-refractivity contribution is -0.141. The molecule has 0 amide bonds. The van der Waals surface area contributed by atoms with Gasteiger partial charge >= 0.3 is 6.18 Å². The van der Waals surface area contributed by atoms with Crippen LogP contribution < -0.4 is 4.90 Å². The highest BCUT2D eigenvalue weighted by atomic mass is 32.2. The van der Waals surface area contributed by atoms with Crippen molar-refractivity contribution < 1.29 is 26.4 Å². The minimum Gasteiger partial charge on any atom is -0.356 e. The highest BCUT2D eigenvalue weighted by Crippen LogP contribution is 2.32. The zero-order valence-corrected chi connectivity index (χ0v) is 19.7. The van der Waals surface area contributed by atoms with Crippen LogP contribution in [0.25, 0.3) is 0 Å². The summed E-state index contributed by atoms with van der Waals surface area (Å²) in [6, 6.07) is 8.01. The molecule has 1 aromatic carbocycles. The number of carbonyl (C=O) groups is 1. The maximum absolute atomic E-state index is 13.1. The molecule has 2 aromatic rings. The summed E-state index contributed by atoms with van der Waals surface area (Å²) < 4.78 is 62.2. The van der Waals surface area contributed by atoms with Crippen molar-refractivity contribution in [1.29, 1.82) is 0 Å². The first-order valence-electron chi connectivity index (χ1n) is 11.0. The van der Waals surface area contributed by atoms with E-state index in [1.165, 1.54) is 12.3 Å². The largest absolute Gasteiger partial charge is 0.433 e. The van der Waals surface area contributed by atoms with Crippen LogP contribution in [-0.2, 0) is 40.1 Å². The lowest BCUT2D eigenvalue weighted by Gasteiger charge is -2.21. The second-order valence-electron chi connectivity index (χ2n) is 8.73. The second-order valence-corrected chi connectivity index (χ2v) is 11.0. The average molecular weight is 483 g/mol. The number of benzene rings is 1. The van der Waals surface area contributed by atoms with Gasteiger partial charge in [-0.1, -0.05) is 24.3 Å².